The largest absolute Gasteiger partial charge is 1.00 e. The fourth-order valence-electron chi connectivity index (χ4n) is 3.02. The Bertz CT molecular complexity index is 185. The zero-order chi connectivity index (χ0) is 14.5. The Morgan fingerprint density at radius 2 is 0.895 bits per heavy atom. The van der Waals surface area contributed by atoms with Crippen molar-refractivity contribution in [2.24, 2.45) is 0 Å². The zero-order valence-electron chi connectivity index (χ0n) is 14.5. The van der Waals surface area contributed by atoms with E-state index in [0.717, 1.165) is 0 Å². The second-order valence-electron chi connectivity index (χ2n) is 7.42. The number of halogens is 1. The molecule has 0 spiro atoms. The standard InChI is InChI=1S/C12H27P.C4H7.ClH.Pd/c1-10(2,3)13(11(4,5)6)12(7,8)9;1-3-4-2;;/h1-9H3;3-4H,1H2,2H3;1H;/p-1. The first-order valence-corrected chi connectivity index (χ1v) is 7.83. The Morgan fingerprint density at radius 3 is 0.895 bits per heavy atom. The summed E-state index contributed by atoms with van der Waals surface area (Å²) in [5, 5.41) is 1.35. The average Bonchev–Trinajstić information content (AvgIpc) is 1.95. The monoisotopic (exact) mass is 398 g/mol. The van der Waals surface area contributed by atoms with Gasteiger partial charge in [-0.15, -0.1) is 6.58 Å². The Hall–Kier alpha value is 1.12. The molecule has 0 saturated heterocycles. The summed E-state index contributed by atoms with van der Waals surface area (Å²) in [6.45, 7) is 26.8. The van der Waals surface area contributed by atoms with Crippen LogP contribution in [0.25, 0.3) is 0 Å². The predicted octanol–water partition coefficient (Wildman–Crippen LogP) is 3.26. The number of allylic oxidation sites excluding steroid dienone is 1. The molecule has 0 aromatic carbocycles. The molecule has 0 rings (SSSR count). The molecule has 0 aliphatic rings. The van der Waals surface area contributed by atoms with Crippen molar-refractivity contribution in [1.29, 1.82) is 0 Å². The van der Waals surface area contributed by atoms with E-state index < -0.39 is 0 Å². The van der Waals surface area contributed by atoms with Crippen molar-refractivity contribution < 1.29 is 32.8 Å². The normalized spacial score (nSPS) is 11.7. The van der Waals surface area contributed by atoms with Crippen molar-refractivity contribution in [3.05, 3.63) is 19.1 Å². The van der Waals surface area contributed by atoms with E-state index in [1.54, 1.807) is 6.08 Å². The number of hydrogen-bond acceptors (Lipinski definition) is 0. The molecular weight excluding hydrogens is 365 g/mol. The van der Waals surface area contributed by atoms with Gasteiger partial charge in [0.15, 0.2) is 0 Å². The average molecular weight is 399 g/mol. The zero-order valence-corrected chi connectivity index (χ0v) is 17.7. The van der Waals surface area contributed by atoms with Crippen molar-refractivity contribution in [3.63, 3.8) is 0 Å². The minimum Gasteiger partial charge on any atom is -1.00 e. The van der Waals surface area contributed by atoms with Crippen molar-refractivity contribution in [2.45, 2.75) is 84.7 Å². The summed E-state index contributed by atoms with van der Waals surface area (Å²) in [7, 11) is 0.0162. The van der Waals surface area contributed by atoms with E-state index in [1.807, 2.05) is 13.3 Å². The fraction of sp³-hybridized carbons (Fsp3) is 0.812. The molecule has 121 valence electrons. The van der Waals surface area contributed by atoms with Crippen molar-refractivity contribution in [1.82, 2.24) is 0 Å². The van der Waals surface area contributed by atoms with Crippen LogP contribution in [0.5, 0.6) is 0 Å². The summed E-state index contributed by atoms with van der Waals surface area (Å²) in [5.41, 5.74) is 0. The Balaban J connectivity index is -0.000000165. The molecule has 0 bridgehead atoms. The molecule has 0 saturated carbocycles. The van der Waals surface area contributed by atoms with Crippen LogP contribution in [0, 0.1) is 6.42 Å². The van der Waals surface area contributed by atoms with E-state index >= 15 is 0 Å². The quantitative estimate of drug-likeness (QED) is 0.469. The molecule has 0 atom stereocenters. The van der Waals surface area contributed by atoms with Crippen LogP contribution in [0.15, 0.2) is 12.7 Å². The molecule has 3 heteroatoms. The fourth-order valence-corrected chi connectivity index (χ4v) is 9.06. The van der Waals surface area contributed by atoms with Crippen LogP contribution >= 0.6 is 7.92 Å². The summed E-state index contributed by atoms with van der Waals surface area (Å²) in [6, 6.07) is 0. The third kappa shape index (κ3) is 13.8. The van der Waals surface area contributed by atoms with Gasteiger partial charge in [-0.3, -0.25) is 0 Å². The topological polar surface area (TPSA) is 0 Å². The van der Waals surface area contributed by atoms with Crippen molar-refractivity contribution in [2.75, 3.05) is 0 Å². The van der Waals surface area contributed by atoms with Gasteiger partial charge in [-0.1, -0.05) is 83.2 Å². The van der Waals surface area contributed by atoms with Gasteiger partial charge in [0.05, 0.1) is 0 Å². The smallest absolute Gasteiger partial charge is 0 e. The second kappa shape index (κ2) is 10.8. The Morgan fingerprint density at radius 1 is 0.737 bits per heavy atom. The van der Waals surface area contributed by atoms with Gasteiger partial charge in [0, 0.05) is 20.4 Å². The Kier molecular flexibility index (Phi) is 16.1. The summed E-state index contributed by atoms with van der Waals surface area (Å²) < 4.78 is 0. The van der Waals surface area contributed by atoms with Crippen molar-refractivity contribution >= 4 is 7.92 Å². The van der Waals surface area contributed by atoms with E-state index in [-0.39, 0.29) is 40.8 Å². The van der Waals surface area contributed by atoms with Crippen LogP contribution < -0.4 is 12.4 Å². The molecule has 1 radical (unpaired) electrons. The SMILES string of the molecule is C=C[CH]C.CC(C)(C)P(C(C)(C)C)C(C)(C)C.[Cl-].[Pd]. The van der Waals surface area contributed by atoms with Gasteiger partial charge < -0.3 is 12.4 Å². The molecule has 0 fully saturated rings. The molecular formula is C16H34ClPPd-. The number of hydrogen-bond donors (Lipinski definition) is 0. The first-order chi connectivity index (χ1) is 7.28. The molecule has 0 aliphatic heterocycles. The maximum Gasteiger partial charge on any atom is 0 e. The van der Waals surface area contributed by atoms with Crippen LogP contribution in [0.2, 0.25) is 0 Å². The molecule has 0 heterocycles. The number of rotatable bonds is 1. The van der Waals surface area contributed by atoms with Gasteiger partial charge in [-0.2, -0.15) is 0 Å². The third-order valence-electron chi connectivity index (χ3n) is 2.25. The van der Waals surface area contributed by atoms with Crippen LogP contribution in [0.4, 0.5) is 0 Å². The minimum absolute atomic E-state index is 0. The molecule has 0 aromatic heterocycles. The molecule has 0 aliphatic carbocycles. The van der Waals surface area contributed by atoms with Crippen molar-refractivity contribution in [3.8, 4) is 0 Å². The van der Waals surface area contributed by atoms with E-state index in [2.05, 4.69) is 68.9 Å². The van der Waals surface area contributed by atoms with E-state index in [1.165, 1.54) is 0 Å². The van der Waals surface area contributed by atoms with Gasteiger partial charge >= 0.3 is 0 Å². The maximum absolute atomic E-state index is 3.42. The van der Waals surface area contributed by atoms with Crippen LogP contribution in [0.1, 0.15) is 69.2 Å². The van der Waals surface area contributed by atoms with Gasteiger partial charge in [0.25, 0.3) is 0 Å². The maximum atomic E-state index is 3.42. The van der Waals surface area contributed by atoms with Gasteiger partial charge in [0.2, 0.25) is 0 Å². The first kappa shape index (κ1) is 28.3. The summed E-state index contributed by atoms with van der Waals surface area (Å²) in [5.74, 6) is 0. The van der Waals surface area contributed by atoms with Gasteiger partial charge in [0.1, 0.15) is 0 Å². The van der Waals surface area contributed by atoms with E-state index in [4.69, 9.17) is 0 Å². The molecule has 0 N–H and O–H groups in total. The molecule has 19 heavy (non-hydrogen) atoms. The minimum atomic E-state index is 0. The summed E-state index contributed by atoms with van der Waals surface area (Å²) >= 11 is 0. The molecule has 0 nitrogen and oxygen atoms in total. The second-order valence-corrected chi connectivity index (χ2v) is 12.1. The van der Waals surface area contributed by atoms with E-state index in [9.17, 15) is 0 Å². The Labute approximate surface area is 144 Å². The van der Waals surface area contributed by atoms with Crippen LogP contribution in [-0.2, 0) is 20.4 Å². The third-order valence-corrected chi connectivity index (χ3v) is 6.27. The summed E-state index contributed by atoms with van der Waals surface area (Å²) in [4.78, 5) is 0. The molecule has 0 unspecified atom stereocenters. The summed E-state index contributed by atoms with van der Waals surface area (Å²) in [6.07, 6.45) is 3.64. The van der Waals surface area contributed by atoms with Gasteiger partial charge in [-0.05, 0) is 21.9 Å². The molecule has 0 amide bonds. The van der Waals surface area contributed by atoms with Crippen LogP contribution in [-0.4, -0.2) is 15.5 Å². The predicted molar refractivity (Wildman–Crippen MR) is 86.4 cm³/mol. The first-order valence-electron chi connectivity index (χ1n) is 6.49. The van der Waals surface area contributed by atoms with Crippen LogP contribution in [0.3, 0.4) is 0 Å². The molecule has 0 aromatic rings. The van der Waals surface area contributed by atoms with E-state index in [0.29, 0.717) is 15.5 Å². The van der Waals surface area contributed by atoms with Gasteiger partial charge in [-0.25, -0.2) is 0 Å².